The quantitative estimate of drug-likeness (QED) is 0.279. The first kappa shape index (κ1) is 18.4. The van der Waals surface area contributed by atoms with E-state index in [1.165, 1.54) is 66.6 Å². The molecule has 2 aliphatic rings. The highest BCUT2D eigenvalue weighted by atomic mass is 14.8. The van der Waals surface area contributed by atoms with E-state index in [9.17, 15) is 0 Å². The second-order valence-electron chi connectivity index (χ2n) is 9.78. The molecule has 0 saturated heterocycles. The summed E-state index contributed by atoms with van der Waals surface area (Å²) in [6.45, 7) is 0. The van der Waals surface area contributed by atoms with Crippen molar-refractivity contribution in [2.75, 3.05) is 0 Å². The van der Waals surface area contributed by atoms with E-state index in [-0.39, 0.29) is 0 Å². The van der Waals surface area contributed by atoms with E-state index in [2.05, 4.69) is 107 Å². The van der Waals surface area contributed by atoms with Crippen LogP contribution in [0.1, 0.15) is 46.9 Å². The molecule has 6 aromatic rings. The van der Waals surface area contributed by atoms with Crippen LogP contribution in [0.25, 0.3) is 44.3 Å². The molecule has 2 heteroatoms. The lowest BCUT2D eigenvalue weighted by Gasteiger charge is -2.19. The molecular formula is C32H24N2. The minimum atomic E-state index is 0.420. The molecule has 2 N–H and O–H groups in total. The molecule has 0 amide bonds. The Balaban J connectivity index is 1.25. The molecule has 2 atom stereocenters. The molecule has 0 bridgehead atoms. The third-order valence-electron chi connectivity index (χ3n) is 8.14. The lowest BCUT2D eigenvalue weighted by Crippen LogP contribution is -2.03. The van der Waals surface area contributed by atoms with Crippen LogP contribution in [0.4, 0.5) is 0 Å². The fraction of sp³-hybridized carbons (Fsp3) is 0.125. The Hall–Kier alpha value is -4.04. The molecule has 2 heterocycles. The van der Waals surface area contributed by atoms with E-state index in [1.54, 1.807) is 0 Å². The van der Waals surface area contributed by atoms with Crippen LogP contribution in [-0.2, 0) is 0 Å². The highest BCUT2D eigenvalue weighted by molar-refractivity contribution is 5.97. The lowest BCUT2D eigenvalue weighted by molar-refractivity contribution is 0.630. The van der Waals surface area contributed by atoms with E-state index in [1.807, 2.05) is 0 Å². The van der Waals surface area contributed by atoms with Crippen LogP contribution in [-0.4, -0.2) is 9.97 Å². The van der Waals surface area contributed by atoms with Crippen LogP contribution in [0, 0.1) is 0 Å². The van der Waals surface area contributed by atoms with Crippen molar-refractivity contribution >= 4 is 21.8 Å². The average molecular weight is 437 g/mol. The summed E-state index contributed by atoms with van der Waals surface area (Å²) in [5.41, 5.74) is 13.8. The van der Waals surface area contributed by atoms with Crippen LogP contribution >= 0.6 is 0 Å². The van der Waals surface area contributed by atoms with Crippen molar-refractivity contribution in [3.63, 3.8) is 0 Å². The minimum absolute atomic E-state index is 0.420. The maximum absolute atomic E-state index is 3.74. The second-order valence-corrected chi connectivity index (χ2v) is 9.78. The van der Waals surface area contributed by atoms with Gasteiger partial charge in [-0.25, -0.2) is 0 Å². The van der Waals surface area contributed by atoms with Gasteiger partial charge in [-0.3, -0.25) is 0 Å². The van der Waals surface area contributed by atoms with Crippen LogP contribution < -0.4 is 0 Å². The van der Waals surface area contributed by atoms with E-state index in [0.29, 0.717) is 11.8 Å². The predicted octanol–water partition coefficient (Wildman–Crippen LogP) is 8.35. The number of rotatable bonds is 3. The number of para-hydroxylation sites is 2. The van der Waals surface area contributed by atoms with Crippen LogP contribution in [0.3, 0.4) is 0 Å². The summed E-state index contributed by atoms with van der Waals surface area (Å²) in [4.78, 5) is 7.47. The van der Waals surface area contributed by atoms with E-state index < -0.39 is 0 Å². The van der Waals surface area contributed by atoms with Gasteiger partial charge in [0.2, 0.25) is 0 Å². The van der Waals surface area contributed by atoms with Crippen LogP contribution in [0.2, 0.25) is 0 Å². The molecule has 0 fully saturated rings. The Labute approximate surface area is 198 Å². The molecule has 8 rings (SSSR count). The van der Waals surface area contributed by atoms with Gasteiger partial charge in [0.05, 0.1) is 11.4 Å². The number of aromatic nitrogens is 2. The normalized spacial score (nSPS) is 17.6. The number of aromatic amines is 2. The van der Waals surface area contributed by atoms with Gasteiger partial charge >= 0.3 is 0 Å². The standard InChI is InChI=1S/C32H24N2/c1-3-11-23-19(9-1)21(29-25-13-5-7-15-27(25)33-31(23)29)17-18-22-20-10-2-4-12-24(20)32-30(22)26-14-6-8-16-28(26)34-32/h1-16,21-22,33-34H,17-18H2. The zero-order chi connectivity index (χ0) is 22.2. The number of hydrogen-bond donors (Lipinski definition) is 2. The molecule has 2 unspecified atom stereocenters. The molecule has 0 saturated carbocycles. The number of nitrogens with one attached hydrogen (secondary N) is 2. The third kappa shape index (κ3) is 2.35. The third-order valence-corrected chi connectivity index (χ3v) is 8.14. The summed E-state index contributed by atoms with van der Waals surface area (Å²) in [6, 6.07) is 35.5. The van der Waals surface area contributed by atoms with Crippen molar-refractivity contribution in [3.05, 3.63) is 119 Å². The Morgan fingerprint density at radius 3 is 1.38 bits per heavy atom. The predicted molar refractivity (Wildman–Crippen MR) is 140 cm³/mol. The van der Waals surface area contributed by atoms with Gasteiger partial charge in [-0.15, -0.1) is 0 Å². The molecule has 2 aromatic heterocycles. The van der Waals surface area contributed by atoms with Gasteiger partial charge in [-0.05, 0) is 47.2 Å². The number of hydrogen-bond acceptors (Lipinski definition) is 0. The molecule has 0 aliphatic heterocycles. The monoisotopic (exact) mass is 436 g/mol. The summed E-state index contributed by atoms with van der Waals surface area (Å²) in [7, 11) is 0. The van der Waals surface area contributed by atoms with Gasteiger partial charge in [-0.1, -0.05) is 84.9 Å². The Morgan fingerprint density at radius 2 is 0.882 bits per heavy atom. The molecule has 0 radical (unpaired) electrons. The van der Waals surface area contributed by atoms with Crippen LogP contribution in [0.15, 0.2) is 97.1 Å². The fourth-order valence-corrected chi connectivity index (χ4v) is 6.78. The topological polar surface area (TPSA) is 31.6 Å². The minimum Gasteiger partial charge on any atom is -0.354 e. The smallest absolute Gasteiger partial charge is 0.0506 e. The summed E-state index contributed by atoms with van der Waals surface area (Å²) in [5, 5.41) is 2.75. The van der Waals surface area contributed by atoms with Gasteiger partial charge in [0.25, 0.3) is 0 Å². The fourth-order valence-electron chi connectivity index (χ4n) is 6.78. The van der Waals surface area contributed by atoms with Crippen molar-refractivity contribution in [2.45, 2.75) is 24.7 Å². The first-order valence-corrected chi connectivity index (χ1v) is 12.3. The molecule has 2 nitrogen and oxygen atoms in total. The highest BCUT2D eigenvalue weighted by Gasteiger charge is 2.36. The van der Waals surface area contributed by atoms with Crippen molar-refractivity contribution < 1.29 is 0 Å². The summed E-state index contributed by atoms with van der Waals surface area (Å²) >= 11 is 0. The molecule has 162 valence electrons. The lowest BCUT2D eigenvalue weighted by atomic mass is 9.84. The summed E-state index contributed by atoms with van der Waals surface area (Å²) in [5.74, 6) is 0.840. The van der Waals surface area contributed by atoms with E-state index >= 15 is 0 Å². The average Bonchev–Trinajstić information content (AvgIpc) is 3.60. The molecule has 0 spiro atoms. The highest BCUT2D eigenvalue weighted by Crippen LogP contribution is 2.54. The van der Waals surface area contributed by atoms with Gasteiger partial charge in [0.1, 0.15) is 0 Å². The first-order valence-electron chi connectivity index (χ1n) is 12.3. The number of benzene rings is 4. The summed E-state index contributed by atoms with van der Waals surface area (Å²) < 4.78 is 0. The first-order chi connectivity index (χ1) is 16.9. The van der Waals surface area contributed by atoms with Crippen molar-refractivity contribution in [2.24, 2.45) is 0 Å². The van der Waals surface area contributed by atoms with E-state index in [0.717, 1.165) is 12.8 Å². The Morgan fingerprint density at radius 1 is 0.471 bits per heavy atom. The summed E-state index contributed by atoms with van der Waals surface area (Å²) in [6.07, 6.45) is 2.26. The van der Waals surface area contributed by atoms with Crippen molar-refractivity contribution in [1.29, 1.82) is 0 Å². The Kier molecular flexibility index (Phi) is 3.65. The van der Waals surface area contributed by atoms with E-state index in [4.69, 9.17) is 0 Å². The molecule has 34 heavy (non-hydrogen) atoms. The van der Waals surface area contributed by atoms with Gasteiger partial charge in [0, 0.05) is 44.8 Å². The molecule has 4 aromatic carbocycles. The van der Waals surface area contributed by atoms with Crippen molar-refractivity contribution in [3.8, 4) is 22.5 Å². The number of H-pyrrole nitrogens is 2. The SMILES string of the molecule is c1ccc2c(c1)-c1[nH]c3ccccc3c1C2CCC1c2ccccc2-c2[nH]c3ccccc3c21. The zero-order valence-corrected chi connectivity index (χ0v) is 18.8. The second kappa shape index (κ2) is 6.74. The van der Waals surface area contributed by atoms with Gasteiger partial charge in [-0.2, -0.15) is 0 Å². The van der Waals surface area contributed by atoms with Crippen LogP contribution in [0.5, 0.6) is 0 Å². The number of fused-ring (bicyclic) bond motifs is 10. The van der Waals surface area contributed by atoms with Gasteiger partial charge < -0.3 is 9.97 Å². The largest absolute Gasteiger partial charge is 0.354 e. The van der Waals surface area contributed by atoms with Gasteiger partial charge in [0.15, 0.2) is 0 Å². The van der Waals surface area contributed by atoms with Crippen molar-refractivity contribution in [1.82, 2.24) is 9.97 Å². The zero-order valence-electron chi connectivity index (χ0n) is 18.8. The molecule has 2 aliphatic carbocycles. The molecular weight excluding hydrogens is 412 g/mol. The maximum Gasteiger partial charge on any atom is 0.0506 e. The Bertz CT molecular complexity index is 1600. The maximum atomic E-state index is 3.74.